The zero-order valence-electron chi connectivity index (χ0n) is 14.2. The first kappa shape index (κ1) is 18.7. The molecule has 3 aromatic carbocycles. The van der Waals surface area contributed by atoms with E-state index in [1.807, 2.05) is 6.07 Å². The van der Waals surface area contributed by atoms with E-state index in [9.17, 15) is 8.78 Å². The van der Waals surface area contributed by atoms with Gasteiger partial charge in [0, 0.05) is 21.2 Å². The van der Waals surface area contributed by atoms with Crippen LogP contribution in [0.4, 0.5) is 8.78 Å². The Bertz CT molecular complexity index is 1090. The molecule has 0 fully saturated rings. The lowest BCUT2D eigenvalue weighted by atomic mass is 10.1. The van der Waals surface area contributed by atoms with Gasteiger partial charge in [-0.15, -0.1) is 0 Å². The molecule has 0 spiro atoms. The third-order valence-electron chi connectivity index (χ3n) is 4.01. The van der Waals surface area contributed by atoms with E-state index in [1.54, 1.807) is 36.4 Å². The first-order valence-corrected chi connectivity index (χ1v) is 9.40. The maximum Gasteiger partial charge on any atom is 0.165 e. The van der Waals surface area contributed by atoms with Crippen molar-refractivity contribution in [3.8, 4) is 34.2 Å². The maximum atomic E-state index is 13.3. The van der Waals surface area contributed by atoms with E-state index in [4.69, 9.17) is 11.6 Å². The fourth-order valence-corrected chi connectivity index (χ4v) is 3.18. The fraction of sp³-hybridized carbons (Fsp3) is 0. The highest BCUT2D eigenvalue weighted by Crippen LogP contribution is 2.31. The molecular weight excluding hydrogens is 448 g/mol. The van der Waals surface area contributed by atoms with Crippen LogP contribution in [-0.2, 0) is 0 Å². The Morgan fingerprint density at radius 3 is 1.61 bits per heavy atom. The van der Waals surface area contributed by atoms with E-state index in [0.29, 0.717) is 39.2 Å². The van der Waals surface area contributed by atoms with Crippen molar-refractivity contribution in [2.24, 2.45) is 0 Å². The second-order valence-corrected chi connectivity index (χ2v) is 7.27. The minimum Gasteiger partial charge on any atom is -0.208 e. The molecule has 0 aliphatic rings. The van der Waals surface area contributed by atoms with Crippen LogP contribution in [0.1, 0.15) is 0 Å². The van der Waals surface area contributed by atoms with Gasteiger partial charge in [-0.2, -0.15) is 0 Å². The smallest absolute Gasteiger partial charge is 0.165 e. The molecule has 0 bridgehead atoms. The van der Waals surface area contributed by atoms with E-state index in [1.165, 1.54) is 24.3 Å². The fourth-order valence-electron chi connectivity index (χ4n) is 2.62. The average Bonchev–Trinajstić information content (AvgIpc) is 2.70. The largest absolute Gasteiger partial charge is 0.208 e. The Balaban J connectivity index is 1.93. The van der Waals surface area contributed by atoms with E-state index < -0.39 is 0 Å². The Morgan fingerprint density at radius 2 is 1.11 bits per heavy atom. The topological polar surface area (TPSA) is 38.7 Å². The van der Waals surface area contributed by atoms with Crippen LogP contribution in [0.3, 0.4) is 0 Å². The summed E-state index contributed by atoms with van der Waals surface area (Å²) >= 11 is 9.77. The van der Waals surface area contributed by atoms with Crippen molar-refractivity contribution in [2.45, 2.75) is 0 Å². The minimum absolute atomic E-state index is 0.355. The molecule has 0 saturated heterocycles. The summed E-state index contributed by atoms with van der Waals surface area (Å²) in [4.78, 5) is 13.5. The molecule has 28 heavy (non-hydrogen) atoms. The molecule has 0 unspecified atom stereocenters. The molecule has 138 valence electrons. The van der Waals surface area contributed by atoms with Crippen molar-refractivity contribution >= 4 is 27.5 Å². The summed E-state index contributed by atoms with van der Waals surface area (Å²) in [6.07, 6.45) is 0. The summed E-state index contributed by atoms with van der Waals surface area (Å²) in [5.41, 5.74) is 1.87. The number of hydrogen-bond donors (Lipinski definition) is 0. The number of benzene rings is 3. The lowest BCUT2D eigenvalue weighted by Crippen LogP contribution is -2.00. The first-order chi connectivity index (χ1) is 13.5. The number of hydrogen-bond acceptors (Lipinski definition) is 3. The predicted molar refractivity (Wildman–Crippen MR) is 109 cm³/mol. The molecule has 7 heteroatoms. The third-order valence-corrected chi connectivity index (χ3v) is 4.83. The van der Waals surface area contributed by atoms with Gasteiger partial charge >= 0.3 is 0 Å². The molecule has 0 aliphatic heterocycles. The van der Waals surface area contributed by atoms with Crippen LogP contribution in [0.5, 0.6) is 0 Å². The molecule has 0 N–H and O–H groups in total. The van der Waals surface area contributed by atoms with Crippen molar-refractivity contribution in [2.75, 3.05) is 0 Å². The molecule has 0 aliphatic carbocycles. The first-order valence-electron chi connectivity index (χ1n) is 8.23. The molecule has 0 radical (unpaired) electrons. The zero-order valence-corrected chi connectivity index (χ0v) is 16.5. The van der Waals surface area contributed by atoms with Crippen molar-refractivity contribution in [3.05, 3.63) is 87.9 Å². The molecular formula is C21H11BrClF2N3. The highest BCUT2D eigenvalue weighted by atomic mass is 79.9. The molecule has 0 atom stereocenters. The lowest BCUT2D eigenvalue weighted by Gasteiger charge is -2.09. The van der Waals surface area contributed by atoms with Gasteiger partial charge < -0.3 is 0 Å². The van der Waals surface area contributed by atoms with Gasteiger partial charge in [0.15, 0.2) is 17.5 Å². The van der Waals surface area contributed by atoms with Gasteiger partial charge in [-0.3, -0.25) is 0 Å². The molecule has 1 aromatic heterocycles. The van der Waals surface area contributed by atoms with E-state index >= 15 is 0 Å². The summed E-state index contributed by atoms with van der Waals surface area (Å²) in [7, 11) is 0. The van der Waals surface area contributed by atoms with E-state index in [0.717, 1.165) is 4.47 Å². The van der Waals surface area contributed by atoms with Gasteiger partial charge in [0.1, 0.15) is 11.6 Å². The highest BCUT2D eigenvalue weighted by Gasteiger charge is 2.14. The van der Waals surface area contributed by atoms with Crippen LogP contribution in [0.15, 0.2) is 71.2 Å². The Morgan fingerprint density at radius 1 is 0.643 bits per heavy atom. The number of nitrogens with zero attached hydrogens (tertiary/aromatic N) is 3. The summed E-state index contributed by atoms with van der Waals surface area (Å²) in [6, 6.07) is 17.1. The number of halogens is 4. The third kappa shape index (κ3) is 3.93. The van der Waals surface area contributed by atoms with Crippen LogP contribution < -0.4 is 0 Å². The van der Waals surface area contributed by atoms with E-state index in [-0.39, 0.29) is 11.6 Å². The molecule has 0 saturated carbocycles. The Hall–Kier alpha value is -2.70. The van der Waals surface area contributed by atoms with Gasteiger partial charge in [-0.25, -0.2) is 23.7 Å². The molecule has 4 rings (SSSR count). The van der Waals surface area contributed by atoms with Crippen molar-refractivity contribution in [1.29, 1.82) is 0 Å². The van der Waals surface area contributed by atoms with Crippen LogP contribution in [-0.4, -0.2) is 15.0 Å². The summed E-state index contributed by atoms with van der Waals surface area (Å²) < 4.78 is 27.4. The quantitative estimate of drug-likeness (QED) is 0.349. The van der Waals surface area contributed by atoms with Crippen LogP contribution in [0, 0.1) is 11.6 Å². The van der Waals surface area contributed by atoms with Gasteiger partial charge in [0.05, 0.1) is 5.02 Å². The maximum absolute atomic E-state index is 13.3. The highest BCUT2D eigenvalue weighted by molar-refractivity contribution is 9.10. The lowest BCUT2D eigenvalue weighted by molar-refractivity contribution is 0.627. The molecule has 0 amide bonds. The van der Waals surface area contributed by atoms with Gasteiger partial charge in [-0.1, -0.05) is 27.5 Å². The Labute approximate surface area is 173 Å². The van der Waals surface area contributed by atoms with Crippen molar-refractivity contribution in [3.63, 3.8) is 0 Å². The molecule has 1 heterocycles. The van der Waals surface area contributed by atoms with Crippen LogP contribution >= 0.6 is 27.5 Å². The van der Waals surface area contributed by atoms with Gasteiger partial charge in [-0.05, 0) is 66.7 Å². The Kier molecular flexibility index (Phi) is 5.15. The standard InChI is InChI=1S/C21H11BrClF2N3/c22-14-5-10-18(23)17(11-14)21-27-19(12-1-6-15(24)7-2-12)26-20(28-21)13-3-8-16(25)9-4-13/h1-11H. The summed E-state index contributed by atoms with van der Waals surface area (Å²) in [5, 5.41) is 0.476. The number of rotatable bonds is 3. The van der Waals surface area contributed by atoms with E-state index in [2.05, 4.69) is 30.9 Å². The summed E-state index contributed by atoms with van der Waals surface area (Å²) in [6.45, 7) is 0. The van der Waals surface area contributed by atoms with Gasteiger partial charge in [0.2, 0.25) is 0 Å². The van der Waals surface area contributed by atoms with Crippen LogP contribution in [0.2, 0.25) is 5.02 Å². The molecule has 4 aromatic rings. The number of aromatic nitrogens is 3. The SMILES string of the molecule is Fc1ccc(-c2nc(-c3ccc(F)cc3)nc(-c3cc(Br)ccc3Cl)n2)cc1. The second kappa shape index (κ2) is 7.73. The van der Waals surface area contributed by atoms with Crippen molar-refractivity contribution < 1.29 is 8.78 Å². The van der Waals surface area contributed by atoms with Crippen molar-refractivity contribution in [1.82, 2.24) is 15.0 Å². The average molecular weight is 459 g/mol. The minimum atomic E-state index is -0.355. The second-order valence-electron chi connectivity index (χ2n) is 5.94. The van der Waals surface area contributed by atoms with Gasteiger partial charge in [0.25, 0.3) is 0 Å². The predicted octanol–water partition coefficient (Wildman–Crippen LogP) is 6.57. The monoisotopic (exact) mass is 457 g/mol. The van der Waals surface area contributed by atoms with Crippen LogP contribution in [0.25, 0.3) is 34.2 Å². The normalized spacial score (nSPS) is 10.9. The zero-order chi connectivity index (χ0) is 19.7. The molecule has 3 nitrogen and oxygen atoms in total. The summed E-state index contributed by atoms with van der Waals surface area (Å²) in [5.74, 6) is 0.374.